The van der Waals surface area contributed by atoms with Crippen molar-refractivity contribution in [3.63, 3.8) is 0 Å². The molecule has 0 bridgehead atoms. The third-order valence-corrected chi connectivity index (χ3v) is 3.79. The average Bonchev–Trinajstić information content (AvgIpc) is 3.21. The largest absolute Gasteiger partial charge is 0.327 e. The van der Waals surface area contributed by atoms with Crippen molar-refractivity contribution in [1.29, 1.82) is 0 Å². The van der Waals surface area contributed by atoms with Gasteiger partial charge in [0.15, 0.2) is 0 Å². The van der Waals surface area contributed by atoms with Crippen LogP contribution in [-0.4, -0.2) is 11.0 Å². The maximum Gasteiger partial charge on any atom is 0.0419 e. The Labute approximate surface area is 108 Å². The Bertz CT molecular complexity index is 495. The van der Waals surface area contributed by atoms with Crippen LogP contribution in [0.3, 0.4) is 0 Å². The zero-order valence-corrected chi connectivity index (χ0v) is 10.4. The minimum Gasteiger partial charge on any atom is -0.327 e. The van der Waals surface area contributed by atoms with Crippen LogP contribution in [-0.2, 0) is 6.42 Å². The summed E-state index contributed by atoms with van der Waals surface area (Å²) in [7, 11) is 0. The van der Waals surface area contributed by atoms with Crippen molar-refractivity contribution in [2.24, 2.45) is 11.7 Å². The lowest BCUT2D eigenvalue weighted by Gasteiger charge is -2.10. The van der Waals surface area contributed by atoms with Gasteiger partial charge in [-0.3, -0.25) is 4.98 Å². The average molecular weight is 238 g/mol. The van der Waals surface area contributed by atoms with Crippen LogP contribution in [0.15, 0.2) is 54.7 Å². The summed E-state index contributed by atoms with van der Waals surface area (Å²) < 4.78 is 0. The summed E-state index contributed by atoms with van der Waals surface area (Å²) in [5.41, 5.74) is 8.83. The molecule has 1 aliphatic carbocycles. The van der Waals surface area contributed by atoms with E-state index >= 15 is 0 Å². The second kappa shape index (κ2) is 4.91. The molecule has 1 heterocycles. The molecule has 3 atom stereocenters. The Balaban J connectivity index is 1.61. The van der Waals surface area contributed by atoms with Gasteiger partial charge in [0.25, 0.3) is 0 Å². The van der Waals surface area contributed by atoms with E-state index in [4.69, 9.17) is 5.73 Å². The molecule has 1 aliphatic rings. The zero-order valence-electron chi connectivity index (χ0n) is 10.4. The highest BCUT2D eigenvalue weighted by atomic mass is 14.7. The van der Waals surface area contributed by atoms with Crippen molar-refractivity contribution in [2.75, 3.05) is 0 Å². The van der Waals surface area contributed by atoms with Crippen LogP contribution in [0, 0.1) is 5.92 Å². The van der Waals surface area contributed by atoms with E-state index in [0.29, 0.717) is 11.8 Å². The molecule has 3 unspecified atom stereocenters. The summed E-state index contributed by atoms with van der Waals surface area (Å²) in [6.07, 6.45) is 3.94. The molecule has 0 spiro atoms. The molecular formula is C16H18N2. The van der Waals surface area contributed by atoms with Gasteiger partial charge in [-0.25, -0.2) is 0 Å². The first-order valence-electron chi connectivity index (χ1n) is 6.55. The SMILES string of the molecule is NC(Cc1ccccn1)C1CC1c1ccccc1. The number of hydrogen-bond donors (Lipinski definition) is 1. The third kappa shape index (κ3) is 2.44. The highest BCUT2D eigenvalue weighted by Crippen LogP contribution is 2.49. The molecule has 0 amide bonds. The Morgan fingerprint density at radius 2 is 1.89 bits per heavy atom. The van der Waals surface area contributed by atoms with Gasteiger partial charge in [-0.1, -0.05) is 36.4 Å². The minimum absolute atomic E-state index is 0.227. The molecule has 2 nitrogen and oxygen atoms in total. The molecule has 0 radical (unpaired) electrons. The molecule has 1 aromatic carbocycles. The second-order valence-electron chi connectivity index (χ2n) is 5.11. The monoisotopic (exact) mass is 238 g/mol. The van der Waals surface area contributed by atoms with Crippen LogP contribution in [0.5, 0.6) is 0 Å². The Morgan fingerprint density at radius 3 is 2.61 bits per heavy atom. The molecule has 1 saturated carbocycles. The zero-order chi connectivity index (χ0) is 12.4. The van der Waals surface area contributed by atoms with Gasteiger partial charge in [0, 0.05) is 24.4 Å². The number of benzene rings is 1. The van der Waals surface area contributed by atoms with E-state index in [2.05, 4.69) is 41.4 Å². The number of nitrogens with two attached hydrogens (primary N) is 1. The lowest BCUT2D eigenvalue weighted by atomic mass is 10.0. The lowest BCUT2D eigenvalue weighted by molar-refractivity contribution is 0.571. The van der Waals surface area contributed by atoms with Gasteiger partial charge >= 0.3 is 0 Å². The normalized spacial score (nSPS) is 23.6. The third-order valence-electron chi connectivity index (χ3n) is 3.79. The van der Waals surface area contributed by atoms with Crippen LogP contribution < -0.4 is 5.73 Å². The maximum atomic E-state index is 6.30. The highest BCUT2D eigenvalue weighted by molar-refractivity contribution is 5.27. The van der Waals surface area contributed by atoms with Crippen molar-refractivity contribution in [3.8, 4) is 0 Å². The fourth-order valence-corrected chi connectivity index (χ4v) is 2.68. The Morgan fingerprint density at radius 1 is 1.11 bits per heavy atom. The number of rotatable bonds is 4. The number of aromatic nitrogens is 1. The Kier molecular flexibility index (Phi) is 3.11. The van der Waals surface area contributed by atoms with Crippen LogP contribution in [0.25, 0.3) is 0 Å². The summed E-state index contributed by atoms with van der Waals surface area (Å²) in [6, 6.07) is 16.9. The molecule has 1 aromatic heterocycles. The van der Waals surface area contributed by atoms with Crippen molar-refractivity contribution >= 4 is 0 Å². The van der Waals surface area contributed by atoms with Crippen LogP contribution in [0.1, 0.15) is 23.6 Å². The topological polar surface area (TPSA) is 38.9 Å². The molecule has 2 heteroatoms. The summed E-state index contributed by atoms with van der Waals surface area (Å²) in [5, 5.41) is 0. The predicted molar refractivity (Wildman–Crippen MR) is 73.2 cm³/mol. The minimum atomic E-state index is 0.227. The predicted octanol–water partition coefficient (Wildman–Crippen LogP) is 2.76. The standard InChI is InChI=1S/C16H18N2/c17-16(10-13-8-4-5-9-18-13)15-11-14(15)12-6-2-1-3-7-12/h1-9,14-16H,10-11,17H2. The van der Waals surface area contributed by atoms with Crippen LogP contribution in [0.4, 0.5) is 0 Å². The van der Waals surface area contributed by atoms with Gasteiger partial charge in [-0.05, 0) is 36.0 Å². The van der Waals surface area contributed by atoms with Gasteiger partial charge in [0.2, 0.25) is 0 Å². The summed E-state index contributed by atoms with van der Waals surface area (Å²) in [4.78, 5) is 4.35. The van der Waals surface area contributed by atoms with Crippen molar-refractivity contribution in [2.45, 2.75) is 24.8 Å². The van der Waals surface area contributed by atoms with Crippen molar-refractivity contribution < 1.29 is 0 Å². The lowest BCUT2D eigenvalue weighted by Crippen LogP contribution is -2.26. The molecular weight excluding hydrogens is 220 g/mol. The van der Waals surface area contributed by atoms with E-state index in [1.54, 1.807) is 0 Å². The molecule has 2 aromatic rings. The van der Waals surface area contributed by atoms with E-state index in [1.165, 1.54) is 12.0 Å². The molecule has 0 aliphatic heterocycles. The van der Waals surface area contributed by atoms with E-state index < -0.39 is 0 Å². The van der Waals surface area contributed by atoms with Gasteiger partial charge in [-0.2, -0.15) is 0 Å². The summed E-state index contributed by atoms with van der Waals surface area (Å²) >= 11 is 0. The van der Waals surface area contributed by atoms with Gasteiger partial charge < -0.3 is 5.73 Å². The van der Waals surface area contributed by atoms with Crippen molar-refractivity contribution in [1.82, 2.24) is 4.98 Å². The highest BCUT2D eigenvalue weighted by Gasteiger charge is 2.42. The second-order valence-corrected chi connectivity index (χ2v) is 5.11. The maximum absolute atomic E-state index is 6.30. The van der Waals surface area contributed by atoms with Crippen LogP contribution >= 0.6 is 0 Å². The molecule has 2 N–H and O–H groups in total. The van der Waals surface area contributed by atoms with E-state index in [-0.39, 0.29) is 6.04 Å². The van der Waals surface area contributed by atoms with Gasteiger partial charge in [-0.15, -0.1) is 0 Å². The van der Waals surface area contributed by atoms with Crippen LogP contribution in [0.2, 0.25) is 0 Å². The first kappa shape index (κ1) is 11.4. The van der Waals surface area contributed by atoms with Gasteiger partial charge in [0.05, 0.1) is 0 Å². The molecule has 18 heavy (non-hydrogen) atoms. The molecule has 92 valence electrons. The number of pyridine rings is 1. The van der Waals surface area contributed by atoms with Gasteiger partial charge in [0.1, 0.15) is 0 Å². The Hall–Kier alpha value is -1.67. The quantitative estimate of drug-likeness (QED) is 0.889. The first-order chi connectivity index (χ1) is 8.84. The number of hydrogen-bond acceptors (Lipinski definition) is 2. The molecule has 1 fully saturated rings. The first-order valence-corrected chi connectivity index (χ1v) is 6.55. The fraction of sp³-hybridized carbons (Fsp3) is 0.312. The molecule has 3 rings (SSSR count). The van der Waals surface area contributed by atoms with Crippen molar-refractivity contribution in [3.05, 3.63) is 66.0 Å². The molecule has 0 saturated heterocycles. The van der Waals surface area contributed by atoms with E-state index in [0.717, 1.165) is 12.1 Å². The summed E-state index contributed by atoms with van der Waals surface area (Å²) in [6.45, 7) is 0. The number of nitrogens with zero attached hydrogens (tertiary/aromatic N) is 1. The van der Waals surface area contributed by atoms with E-state index in [1.807, 2.05) is 18.3 Å². The fourth-order valence-electron chi connectivity index (χ4n) is 2.68. The smallest absolute Gasteiger partial charge is 0.0419 e. The van der Waals surface area contributed by atoms with E-state index in [9.17, 15) is 0 Å². The summed E-state index contributed by atoms with van der Waals surface area (Å²) in [5.74, 6) is 1.28.